The minimum Gasteiger partial charge on any atom is -0.486 e. The summed E-state index contributed by atoms with van der Waals surface area (Å²) >= 11 is 5.87. The summed E-state index contributed by atoms with van der Waals surface area (Å²) in [7, 11) is 0. The number of urea groups is 1. The van der Waals surface area contributed by atoms with Crippen LogP contribution in [-0.4, -0.2) is 50.3 Å². The van der Waals surface area contributed by atoms with E-state index >= 15 is 0 Å². The van der Waals surface area contributed by atoms with Crippen LogP contribution in [0.2, 0.25) is 5.02 Å². The van der Waals surface area contributed by atoms with Crippen molar-refractivity contribution in [1.82, 2.24) is 4.90 Å². The Morgan fingerprint density at radius 3 is 2.35 bits per heavy atom. The first-order chi connectivity index (χ1) is 12.7. The van der Waals surface area contributed by atoms with Gasteiger partial charge in [0.15, 0.2) is 11.5 Å². The van der Waals surface area contributed by atoms with E-state index < -0.39 is 0 Å². The van der Waals surface area contributed by atoms with E-state index in [1.165, 1.54) is 0 Å². The molecule has 1 N–H and O–H groups in total. The van der Waals surface area contributed by atoms with Gasteiger partial charge in [-0.15, -0.1) is 0 Å². The van der Waals surface area contributed by atoms with E-state index in [9.17, 15) is 4.79 Å². The van der Waals surface area contributed by atoms with Crippen molar-refractivity contribution < 1.29 is 14.3 Å². The number of carbonyl (C=O) groups excluding carboxylic acids is 1. The van der Waals surface area contributed by atoms with Crippen molar-refractivity contribution in [3.8, 4) is 11.5 Å². The van der Waals surface area contributed by atoms with E-state index in [0.29, 0.717) is 31.3 Å². The van der Waals surface area contributed by atoms with Gasteiger partial charge < -0.3 is 24.6 Å². The summed E-state index contributed by atoms with van der Waals surface area (Å²) in [6, 6.07) is 13.0. The highest BCUT2D eigenvalue weighted by atomic mass is 35.5. The molecule has 2 amide bonds. The van der Waals surface area contributed by atoms with Gasteiger partial charge in [-0.05, 0) is 36.4 Å². The predicted octanol–water partition coefficient (Wildman–Crippen LogP) is 3.47. The lowest BCUT2D eigenvalue weighted by molar-refractivity contribution is 0.171. The molecule has 2 heterocycles. The Hall–Kier alpha value is -2.60. The molecule has 0 saturated carbocycles. The summed E-state index contributed by atoms with van der Waals surface area (Å²) in [6.45, 7) is 4.03. The zero-order chi connectivity index (χ0) is 17.9. The molecule has 1 saturated heterocycles. The molecular formula is C19H20ClN3O3. The van der Waals surface area contributed by atoms with Gasteiger partial charge in [0.2, 0.25) is 0 Å². The minimum atomic E-state index is -0.0888. The smallest absolute Gasteiger partial charge is 0.321 e. The number of ether oxygens (including phenoxy) is 2. The van der Waals surface area contributed by atoms with Crippen LogP contribution < -0.4 is 19.7 Å². The molecule has 2 aromatic carbocycles. The summed E-state index contributed by atoms with van der Waals surface area (Å²) in [5.41, 5.74) is 1.83. The second-order valence-electron chi connectivity index (χ2n) is 6.24. The molecule has 26 heavy (non-hydrogen) atoms. The number of hydrogen-bond donors (Lipinski definition) is 1. The highest BCUT2D eigenvalue weighted by Crippen LogP contribution is 2.34. The number of fused-ring (bicyclic) bond motifs is 1. The highest BCUT2D eigenvalue weighted by Gasteiger charge is 2.22. The zero-order valence-corrected chi connectivity index (χ0v) is 15.0. The van der Waals surface area contributed by atoms with E-state index in [0.717, 1.165) is 36.0 Å². The van der Waals surface area contributed by atoms with Crippen molar-refractivity contribution in [3.63, 3.8) is 0 Å². The third kappa shape index (κ3) is 3.65. The molecule has 2 aliphatic heterocycles. The Morgan fingerprint density at radius 1 is 0.923 bits per heavy atom. The second kappa shape index (κ2) is 7.33. The van der Waals surface area contributed by atoms with E-state index in [1.807, 2.05) is 23.1 Å². The number of piperazine rings is 1. The average Bonchev–Trinajstić information content (AvgIpc) is 2.69. The number of hydrogen-bond acceptors (Lipinski definition) is 4. The van der Waals surface area contributed by atoms with Crippen molar-refractivity contribution >= 4 is 29.0 Å². The molecule has 0 aliphatic carbocycles. The topological polar surface area (TPSA) is 54.0 Å². The lowest BCUT2D eigenvalue weighted by Gasteiger charge is -2.36. The van der Waals surface area contributed by atoms with Gasteiger partial charge in [0, 0.05) is 48.6 Å². The summed E-state index contributed by atoms with van der Waals surface area (Å²) in [4.78, 5) is 16.5. The first-order valence-electron chi connectivity index (χ1n) is 8.65. The standard InChI is InChI=1S/C19H20ClN3O3/c20-14-1-3-15(4-2-14)21-19(24)23-9-7-22(8-10-23)16-5-6-17-18(13-16)26-12-11-25-17/h1-6,13H,7-12H2,(H,21,24). The van der Waals surface area contributed by atoms with Crippen LogP contribution in [0.3, 0.4) is 0 Å². The van der Waals surface area contributed by atoms with E-state index in [4.69, 9.17) is 21.1 Å². The van der Waals surface area contributed by atoms with Crippen LogP contribution in [-0.2, 0) is 0 Å². The molecule has 2 aliphatic rings. The van der Waals surface area contributed by atoms with E-state index in [1.54, 1.807) is 24.3 Å². The Balaban J connectivity index is 1.35. The highest BCUT2D eigenvalue weighted by molar-refractivity contribution is 6.30. The van der Waals surface area contributed by atoms with Crippen molar-refractivity contribution in [2.45, 2.75) is 0 Å². The van der Waals surface area contributed by atoms with Crippen LogP contribution in [0.5, 0.6) is 11.5 Å². The zero-order valence-electron chi connectivity index (χ0n) is 14.3. The van der Waals surface area contributed by atoms with Crippen LogP contribution in [0, 0.1) is 0 Å². The number of carbonyl (C=O) groups is 1. The van der Waals surface area contributed by atoms with Crippen LogP contribution >= 0.6 is 11.6 Å². The van der Waals surface area contributed by atoms with Crippen LogP contribution in [0.25, 0.3) is 0 Å². The van der Waals surface area contributed by atoms with E-state index in [2.05, 4.69) is 10.2 Å². The largest absolute Gasteiger partial charge is 0.486 e. The molecule has 0 unspecified atom stereocenters. The average molecular weight is 374 g/mol. The van der Waals surface area contributed by atoms with Gasteiger partial charge >= 0.3 is 6.03 Å². The Kier molecular flexibility index (Phi) is 4.75. The third-order valence-electron chi connectivity index (χ3n) is 4.55. The minimum absolute atomic E-state index is 0.0888. The summed E-state index contributed by atoms with van der Waals surface area (Å²) < 4.78 is 11.2. The van der Waals surface area contributed by atoms with Crippen LogP contribution in [0.1, 0.15) is 0 Å². The molecule has 7 heteroatoms. The van der Waals surface area contributed by atoms with Gasteiger partial charge in [-0.3, -0.25) is 0 Å². The van der Waals surface area contributed by atoms with Gasteiger partial charge in [-0.1, -0.05) is 11.6 Å². The quantitative estimate of drug-likeness (QED) is 0.875. The number of rotatable bonds is 2. The van der Waals surface area contributed by atoms with Crippen LogP contribution in [0.4, 0.5) is 16.2 Å². The second-order valence-corrected chi connectivity index (χ2v) is 6.68. The molecule has 0 atom stereocenters. The van der Waals surface area contributed by atoms with Gasteiger partial charge in [0.1, 0.15) is 13.2 Å². The summed E-state index contributed by atoms with van der Waals surface area (Å²) in [5, 5.41) is 3.56. The number of halogens is 1. The molecule has 0 bridgehead atoms. The number of benzene rings is 2. The maximum absolute atomic E-state index is 12.4. The first kappa shape index (κ1) is 16.8. The molecule has 6 nitrogen and oxygen atoms in total. The Morgan fingerprint density at radius 2 is 1.62 bits per heavy atom. The fourth-order valence-corrected chi connectivity index (χ4v) is 3.26. The number of anilines is 2. The van der Waals surface area contributed by atoms with Crippen molar-refractivity contribution in [3.05, 3.63) is 47.5 Å². The summed E-state index contributed by atoms with van der Waals surface area (Å²) in [5.74, 6) is 1.58. The molecule has 0 spiro atoms. The molecular weight excluding hydrogens is 354 g/mol. The van der Waals surface area contributed by atoms with Gasteiger partial charge in [-0.25, -0.2) is 4.79 Å². The summed E-state index contributed by atoms with van der Waals surface area (Å²) in [6.07, 6.45) is 0. The van der Waals surface area contributed by atoms with Crippen LogP contribution in [0.15, 0.2) is 42.5 Å². The first-order valence-corrected chi connectivity index (χ1v) is 9.03. The van der Waals surface area contributed by atoms with Crippen molar-refractivity contribution in [1.29, 1.82) is 0 Å². The fourth-order valence-electron chi connectivity index (χ4n) is 3.13. The van der Waals surface area contributed by atoms with E-state index in [-0.39, 0.29) is 6.03 Å². The number of nitrogens with one attached hydrogen (secondary N) is 1. The monoisotopic (exact) mass is 373 g/mol. The molecule has 0 aromatic heterocycles. The molecule has 136 valence electrons. The van der Waals surface area contributed by atoms with Crippen molar-refractivity contribution in [2.24, 2.45) is 0 Å². The maximum atomic E-state index is 12.4. The normalized spacial score (nSPS) is 16.3. The number of nitrogens with zero attached hydrogens (tertiary/aromatic N) is 2. The Bertz CT molecular complexity index is 789. The molecule has 0 radical (unpaired) electrons. The molecule has 2 aromatic rings. The lowest BCUT2D eigenvalue weighted by atomic mass is 10.2. The molecule has 1 fully saturated rings. The predicted molar refractivity (Wildman–Crippen MR) is 102 cm³/mol. The number of amides is 2. The van der Waals surface area contributed by atoms with Crippen molar-refractivity contribution in [2.75, 3.05) is 49.6 Å². The SMILES string of the molecule is O=C(Nc1ccc(Cl)cc1)N1CCN(c2ccc3c(c2)OCCO3)CC1. The fraction of sp³-hybridized carbons (Fsp3) is 0.316. The lowest BCUT2D eigenvalue weighted by Crippen LogP contribution is -2.50. The van der Waals surface area contributed by atoms with Gasteiger partial charge in [0.05, 0.1) is 0 Å². The molecule has 4 rings (SSSR count). The third-order valence-corrected chi connectivity index (χ3v) is 4.81. The Labute approximate surface area is 157 Å². The van der Waals surface area contributed by atoms with Gasteiger partial charge in [0.25, 0.3) is 0 Å². The maximum Gasteiger partial charge on any atom is 0.321 e. The van der Waals surface area contributed by atoms with Gasteiger partial charge in [-0.2, -0.15) is 0 Å².